The number of carbonyl (C=O) groups is 1. The second-order valence-electron chi connectivity index (χ2n) is 4.26. The highest BCUT2D eigenvalue weighted by Gasteiger charge is 2.23. The van der Waals surface area contributed by atoms with E-state index in [1.807, 2.05) is 6.92 Å². The second kappa shape index (κ2) is 6.45. The molecule has 0 amide bonds. The van der Waals surface area contributed by atoms with Gasteiger partial charge in [-0.25, -0.2) is 4.79 Å². The van der Waals surface area contributed by atoms with Crippen molar-refractivity contribution in [3.05, 3.63) is 23.7 Å². The van der Waals surface area contributed by atoms with Crippen molar-refractivity contribution in [3.63, 3.8) is 0 Å². The number of aromatic carboxylic acids is 1. The lowest BCUT2D eigenvalue weighted by molar-refractivity contribution is 0.0609. The van der Waals surface area contributed by atoms with Crippen LogP contribution in [0.4, 0.5) is 0 Å². The largest absolute Gasteiger partial charge is 0.475 e. The molecule has 0 aliphatic rings. The monoisotopic (exact) mass is 240 g/mol. The summed E-state index contributed by atoms with van der Waals surface area (Å²) in [6.45, 7) is 4.12. The molecule has 0 bridgehead atoms. The van der Waals surface area contributed by atoms with Gasteiger partial charge in [-0.1, -0.05) is 33.1 Å². The highest BCUT2D eigenvalue weighted by molar-refractivity contribution is 5.84. The Balaban J connectivity index is 2.71. The lowest BCUT2D eigenvalue weighted by Gasteiger charge is -2.19. The first kappa shape index (κ1) is 13.8. The van der Waals surface area contributed by atoms with Crippen molar-refractivity contribution < 1.29 is 19.4 Å². The van der Waals surface area contributed by atoms with Gasteiger partial charge in [0.2, 0.25) is 5.76 Å². The fourth-order valence-corrected chi connectivity index (χ4v) is 1.91. The molecule has 0 radical (unpaired) electrons. The Morgan fingerprint density at radius 3 is 2.59 bits per heavy atom. The van der Waals surface area contributed by atoms with Crippen LogP contribution in [0.25, 0.3) is 0 Å². The van der Waals surface area contributed by atoms with Gasteiger partial charge < -0.3 is 14.6 Å². The summed E-state index contributed by atoms with van der Waals surface area (Å²) in [5.41, 5.74) is 0. The first-order valence-electron chi connectivity index (χ1n) is 6.11. The third kappa shape index (κ3) is 3.60. The maximum Gasteiger partial charge on any atom is 0.371 e. The number of aliphatic hydroxyl groups is 1. The molecule has 1 heterocycles. The van der Waals surface area contributed by atoms with E-state index in [1.165, 1.54) is 6.07 Å². The number of carboxylic acids is 1. The number of furan rings is 1. The summed E-state index contributed by atoms with van der Waals surface area (Å²) in [6.07, 6.45) is 3.21. The van der Waals surface area contributed by atoms with E-state index in [1.54, 1.807) is 6.07 Å². The summed E-state index contributed by atoms with van der Waals surface area (Å²) < 4.78 is 5.12. The van der Waals surface area contributed by atoms with Crippen LogP contribution >= 0.6 is 0 Å². The van der Waals surface area contributed by atoms with Crippen LogP contribution in [0.15, 0.2) is 16.5 Å². The lowest BCUT2D eigenvalue weighted by Crippen LogP contribution is -2.11. The summed E-state index contributed by atoms with van der Waals surface area (Å²) in [5.74, 6) is -0.748. The highest BCUT2D eigenvalue weighted by Crippen LogP contribution is 2.29. The molecule has 2 N–H and O–H groups in total. The second-order valence-corrected chi connectivity index (χ2v) is 4.26. The molecule has 0 aliphatic carbocycles. The maximum atomic E-state index is 10.7. The first-order valence-corrected chi connectivity index (χ1v) is 6.11. The molecule has 0 saturated heterocycles. The van der Waals surface area contributed by atoms with Crippen LogP contribution in [0.5, 0.6) is 0 Å². The van der Waals surface area contributed by atoms with Crippen LogP contribution in [-0.2, 0) is 0 Å². The van der Waals surface area contributed by atoms with Gasteiger partial charge in [-0.15, -0.1) is 0 Å². The SMILES string of the molecule is CCCCC(CC)C(O)c1ccc(C(=O)O)o1. The molecule has 1 aromatic rings. The zero-order chi connectivity index (χ0) is 12.8. The minimum absolute atomic E-state index is 0.121. The van der Waals surface area contributed by atoms with E-state index in [0.29, 0.717) is 5.76 Å². The third-order valence-corrected chi connectivity index (χ3v) is 3.03. The standard InChI is InChI=1S/C13H20O4/c1-3-5-6-9(4-2)12(14)10-7-8-11(17-10)13(15)16/h7-9,12,14H,3-6H2,1-2H3,(H,15,16). The van der Waals surface area contributed by atoms with Crippen LogP contribution in [0.2, 0.25) is 0 Å². The van der Waals surface area contributed by atoms with Gasteiger partial charge in [0.25, 0.3) is 0 Å². The fourth-order valence-electron chi connectivity index (χ4n) is 1.91. The van der Waals surface area contributed by atoms with E-state index in [9.17, 15) is 9.90 Å². The normalized spacial score (nSPS) is 14.5. The first-order chi connectivity index (χ1) is 8.10. The predicted molar refractivity (Wildman–Crippen MR) is 63.9 cm³/mol. The quantitative estimate of drug-likeness (QED) is 0.767. The van der Waals surface area contributed by atoms with Crippen LogP contribution in [0.3, 0.4) is 0 Å². The van der Waals surface area contributed by atoms with Crippen LogP contribution in [0.1, 0.15) is 61.9 Å². The molecule has 96 valence electrons. The Labute approximate surface area is 101 Å². The Bertz CT molecular complexity index is 356. The number of carboxylic acid groups (broad SMARTS) is 1. The number of aliphatic hydroxyl groups excluding tert-OH is 1. The van der Waals surface area contributed by atoms with Crippen molar-refractivity contribution in [1.82, 2.24) is 0 Å². The summed E-state index contributed by atoms with van der Waals surface area (Å²) in [7, 11) is 0. The third-order valence-electron chi connectivity index (χ3n) is 3.03. The van der Waals surface area contributed by atoms with Crippen LogP contribution in [-0.4, -0.2) is 16.2 Å². The van der Waals surface area contributed by atoms with Crippen molar-refractivity contribution in [1.29, 1.82) is 0 Å². The van der Waals surface area contributed by atoms with E-state index in [2.05, 4.69) is 6.92 Å². The molecule has 1 rings (SSSR count). The molecule has 2 unspecified atom stereocenters. The number of unbranched alkanes of at least 4 members (excludes halogenated alkanes) is 1. The molecule has 17 heavy (non-hydrogen) atoms. The molecular formula is C13H20O4. The zero-order valence-electron chi connectivity index (χ0n) is 10.3. The van der Waals surface area contributed by atoms with Crippen LogP contribution in [0, 0.1) is 5.92 Å². The molecule has 0 aliphatic heterocycles. The van der Waals surface area contributed by atoms with Crippen molar-refractivity contribution in [2.45, 2.75) is 45.6 Å². The molecular weight excluding hydrogens is 220 g/mol. The number of rotatable bonds is 7. The smallest absolute Gasteiger partial charge is 0.371 e. The lowest BCUT2D eigenvalue weighted by atomic mass is 9.92. The molecule has 0 fully saturated rings. The fraction of sp³-hybridized carbons (Fsp3) is 0.615. The Morgan fingerprint density at radius 2 is 2.12 bits per heavy atom. The zero-order valence-corrected chi connectivity index (χ0v) is 10.3. The molecule has 2 atom stereocenters. The van der Waals surface area contributed by atoms with E-state index < -0.39 is 12.1 Å². The average Bonchev–Trinajstić information content (AvgIpc) is 2.79. The van der Waals surface area contributed by atoms with E-state index in [0.717, 1.165) is 25.7 Å². The van der Waals surface area contributed by atoms with Gasteiger partial charge in [-0.3, -0.25) is 0 Å². The van der Waals surface area contributed by atoms with Gasteiger partial charge in [0.05, 0.1) is 0 Å². The van der Waals surface area contributed by atoms with Gasteiger partial charge in [0.15, 0.2) is 0 Å². The van der Waals surface area contributed by atoms with Crippen molar-refractivity contribution in [3.8, 4) is 0 Å². The van der Waals surface area contributed by atoms with Crippen LogP contribution < -0.4 is 0 Å². The average molecular weight is 240 g/mol. The molecule has 4 heteroatoms. The number of hydrogen-bond donors (Lipinski definition) is 2. The van der Waals surface area contributed by atoms with Gasteiger partial charge in [0, 0.05) is 0 Å². The molecule has 4 nitrogen and oxygen atoms in total. The molecule has 0 saturated carbocycles. The van der Waals surface area contributed by atoms with E-state index >= 15 is 0 Å². The van der Waals surface area contributed by atoms with Gasteiger partial charge in [-0.2, -0.15) is 0 Å². The van der Waals surface area contributed by atoms with Crippen molar-refractivity contribution in [2.24, 2.45) is 5.92 Å². The predicted octanol–water partition coefficient (Wildman–Crippen LogP) is 3.23. The van der Waals surface area contributed by atoms with Crippen molar-refractivity contribution in [2.75, 3.05) is 0 Å². The Hall–Kier alpha value is -1.29. The Kier molecular flexibility index (Phi) is 5.22. The molecule has 1 aromatic heterocycles. The summed E-state index contributed by atoms with van der Waals surface area (Å²) in [4.78, 5) is 10.7. The Morgan fingerprint density at radius 1 is 1.41 bits per heavy atom. The molecule has 0 aromatic carbocycles. The topological polar surface area (TPSA) is 70.7 Å². The van der Waals surface area contributed by atoms with Gasteiger partial charge >= 0.3 is 5.97 Å². The summed E-state index contributed by atoms with van der Waals surface area (Å²) in [5, 5.41) is 18.9. The minimum Gasteiger partial charge on any atom is -0.475 e. The van der Waals surface area contributed by atoms with Crippen molar-refractivity contribution >= 4 is 5.97 Å². The van der Waals surface area contributed by atoms with E-state index in [-0.39, 0.29) is 11.7 Å². The highest BCUT2D eigenvalue weighted by atomic mass is 16.4. The van der Waals surface area contributed by atoms with Gasteiger partial charge in [0.1, 0.15) is 11.9 Å². The summed E-state index contributed by atoms with van der Waals surface area (Å²) >= 11 is 0. The summed E-state index contributed by atoms with van der Waals surface area (Å²) in [6, 6.07) is 2.93. The van der Waals surface area contributed by atoms with E-state index in [4.69, 9.17) is 9.52 Å². The maximum absolute atomic E-state index is 10.7. The van der Waals surface area contributed by atoms with Gasteiger partial charge in [-0.05, 0) is 24.5 Å². The minimum atomic E-state index is -1.11. The molecule has 0 spiro atoms. The number of hydrogen-bond acceptors (Lipinski definition) is 3.